The molecule has 0 spiro atoms. The molecule has 0 bridgehead atoms. The lowest BCUT2D eigenvalue weighted by molar-refractivity contribution is 1.16. The summed E-state index contributed by atoms with van der Waals surface area (Å²) in [5, 5.41) is 5.21. The predicted molar refractivity (Wildman–Crippen MR) is 295 cm³/mol. The first kappa shape index (κ1) is 36.8. The zero-order valence-electron chi connectivity index (χ0n) is 36.8. The summed E-state index contributed by atoms with van der Waals surface area (Å²) < 4.78 is 5.38. The minimum Gasteiger partial charge on any atom is -0.311 e. The second-order valence-electron chi connectivity index (χ2n) is 19.4. The van der Waals surface area contributed by atoms with Crippen LogP contribution in [0.2, 0.25) is 0 Å². The third kappa shape index (κ3) is 4.40. The molecule has 0 amide bonds. The molecule has 0 fully saturated rings. The van der Waals surface area contributed by atoms with Crippen molar-refractivity contribution in [2.75, 3.05) is 4.90 Å². The van der Waals surface area contributed by atoms with Gasteiger partial charge in [0.25, 0.3) is 0 Å². The number of aromatic nitrogens is 2. The van der Waals surface area contributed by atoms with Gasteiger partial charge in [0.1, 0.15) is 0 Å². The second-order valence-corrected chi connectivity index (χ2v) is 22.6. The molecule has 69 heavy (non-hydrogen) atoms. The van der Waals surface area contributed by atoms with Gasteiger partial charge in [0.15, 0.2) is 0 Å². The van der Waals surface area contributed by atoms with E-state index >= 15 is 0 Å². The Morgan fingerprint density at radius 1 is 0.290 bits per heavy atom. The number of para-hydroxylation sites is 3. The fourth-order valence-corrected chi connectivity index (χ4v) is 17.3. The molecule has 3 nitrogen and oxygen atoms in total. The van der Waals surface area contributed by atoms with E-state index in [-0.39, 0.29) is 20.1 Å². The highest BCUT2D eigenvalue weighted by molar-refractivity contribution is 8.00. The summed E-state index contributed by atoms with van der Waals surface area (Å²) in [6, 6.07) is 74.7. The zero-order valence-corrected chi connectivity index (χ0v) is 39.2. The Hall–Kier alpha value is -7.16. The van der Waals surface area contributed by atoms with Gasteiger partial charge in [-0.25, -0.2) is 0 Å². The largest absolute Gasteiger partial charge is 0.311 e. The fraction of sp³-hybridized carbons (Fsp3) is 0. The number of fused-ring (bicyclic) bond motifs is 19. The molecular formula is C60H32B3N3S3. The van der Waals surface area contributed by atoms with E-state index in [0.717, 1.165) is 0 Å². The Kier molecular flexibility index (Phi) is 6.90. The second kappa shape index (κ2) is 12.9. The van der Waals surface area contributed by atoms with E-state index in [1.165, 1.54) is 151 Å². The van der Waals surface area contributed by atoms with E-state index in [1.54, 1.807) is 0 Å². The topological polar surface area (TPSA) is 13.1 Å². The van der Waals surface area contributed by atoms with Gasteiger partial charge in [-0.1, -0.05) is 179 Å². The van der Waals surface area contributed by atoms with Crippen molar-refractivity contribution in [3.8, 4) is 11.4 Å². The first-order chi connectivity index (χ1) is 34.3. The number of hydrogen-bond acceptors (Lipinski definition) is 4. The maximum Gasteiger partial charge on any atom is 0.249 e. The molecule has 0 atom stereocenters. The lowest BCUT2D eigenvalue weighted by Gasteiger charge is -2.40. The van der Waals surface area contributed by atoms with Crippen LogP contribution in [0.25, 0.3) is 55.0 Å². The van der Waals surface area contributed by atoms with Gasteiger partial charge in [0, 0.05) is 84.7 Å². The van der Waals surface area contributed by atoms with Gasteiger partial charge in [-0.15, -0.1) is 0 Å². The van der Waals surface area contributed by atoms with E-state index in [2.05, 4.69) is 208 Å². The predicted octanol–water partition coefficient (Wildman–Crippen LogP) is 9.23. The highest BCUT2D eigenvalue weighted by Gasteiger charge is 2.45. The van der Waals surface area contributed by atoms with Crippen LogP contribution in [0.4, 0.5) is 17.1 Å². The lowest BCUT2D eigenvalue weighted by Crippen LogP contribution is -2.59. The average molecular weight is 924 g/mol. The molecule has 12 aromatic rings. The van der Waals surface area contributed by atoms with Gasteiger partial charge in [-0.05, 0) is 99.5 Å². The van der Waals surface area contributed by atoms with Crippen LogP contribution >= 0.6 is 35.3 Å². The smallest absolute Gasteiger partial charge is 0.249 e. The summed E-state index contributed by atoms with van der Waals surface area (Å²) in [6.07, 6.45) is 0. The summed E-state index contributed by atoms with van der Waals surface area (Å²) in [6.45, 7) is 0.401. The molecule has 6 aliphatic heterocycles. The van der Waals surface area contributed by atoms with Crippen molar-refractivity contribution >= 4 is 165 Å². The van der Waals surface area contributed by atoms with Crippen molar-refractivity contribution in [3.63, 3.8) is 0 Å². The number of hydrogen-bond donors (Lipinski definition) is 0. The number of benzene rings is 10. The number of rotatable bonds is 1. The summed E-state index contributed by atoms with van der Waals surface area (Å²) in [7, 11) is 0. The highest BCUT2D eigenvalue weighted by atomic mass is 32.2. The zero-order chi connectivity index (χ0) is 44.4. The Labute approximate surface area is 411 Å². The number of anilines is 3. The van der Waals surface area contributed by atoms with Crippen molar-refractivity contribution in [2.45, 2.75) is 29.4 Å². The Balaban J connectivity index is 1.06. The van der Waals surface area contributed by atoms with Crippen LogP contribution in [0.1, 0.15) is 0 Å². The van der Waals surface area contributed by atoms with Crippen LogP contribution in [0, 0.1) is 0 Å². The lowest BCUT2D eigenvalue weighted by atomic mass is 9.35. The minimum absolute atomic E-state index is 0.128. The molecule has 8 heterocycles. The number of nitrogens with zero attached hydrogens (tertiary/aromatic N) is 3. The van der Waals surface area contributed by atoms with Crippen molar-refractivity contribution in [1.29, 1.82) is 0 Å². The van der Waals surface area contributed by atoms with E-state index in [4.69, 9.17) is 0 Å². The average Bonchev–Trinajstić information content (AvgIpc) is 3.93. The van der Waals surface area contributed by atoms with Crippen molar-refractivity contribution in [1.82, 2.24) is 9.13 Å². The van der Waals surface area contributed by atoms with Crippen molar-refractivity contribution in [2.24, 2.45) is 0 Å². The normalized spacial score (nSPS) is 14.7. The molecule has 9 heteroatoms. The van der Waals surface area contributed by atoms with Crippen LogP contribution < -0.4 is 54.1 Å². The molecule has 10 aromatic carbocycles. The minimum atomic E-state index is 0.128. The first-order valence-electron chi connectivity index (χ1n) is 23.9. The Morgan fingerprint density at radius 2 is 0.696 bits per heavy atom. The van der Waals surface area contributed by atoms with E-state index in [1.807, 2.05) is 35.3 Å². The summed E-state index contributed by atoms with van der Waals surface area (Å²) in [5.74, 6) is 0. The molecule has 0 N–H and O–H groups in total. The quantitative estimate of drug-likeness (QED) is 0.152. The Bertz CT molecular complexity index is 4420. The third-order valence-corrected chi connectivity index (χ3v) is 19.8. The monoisotopic (exact) mass is 923 g/mol. The van der Waals surface area contributed by atoms with Crippen LogP contribution in [-0.2, 0) is 0 Å². The van der Waals surface area contributed by atoms with Crippen LogP contribution in [0.3, 0.4) is 0 Å². The molecule has 2 aromatic heterocycles. The van der Waals surface area contributed by atoms with Crippen LogP contribution in [-0.4, -0.2) is 29.3 Å². The van der Waals surface area contributed by atoms with Gasteiger partial charge >= 0.3 is 0 Å². The molecule has 0 radical (unpaired) electrons. The van der Waals surface area contributed by atoms with Gasteiger partial charge in [0.2, 0.25) is 20.1 Å². The fourth-order valence-electron chi connectivity index (χ4n) is 13.8. The first-order valence-corrected chi connectivity index (χ1v) is 26.4. The maximum atomic E-state index is 2.72. The van der Waals surface area contributed by atoms with Crippen molar-refractivity contribution in [3.05, 3.63) is 194 Å². The van der Waals surface area contributed by atoms with E-state index < -0.39 is 0 Å². The van der Waals surface area contributed by atoms with Crippen LogP contribution in [0.15, 0.2) is 223 Å². The highest BCUT2D eigenvalue weighted by Crippen LogP contribution is 2.52. The van der Waals surface area contributed by atoms with Gasteiger partial charge in [-0.3, -0.25) is 0 Å². The van der Waals surface area contributed by atoms with Crippen LogP contribution in [0.5, 0.6) is 0 Å². The standard InChI is InChI=1S/C60H32B3N3S3/c1-5-22-41-35(16-1)61-36-17-2-6-26-47(36)67-50-29-11-23-42(55(50)61)64(41)45-32-46-54(33-14-9-20-39-58(33)65(46)43-24-12-30-51-56(43)62(39)37-18-3-7-27-48(37)68-51)60-53(45)34-15-10-21-40-59(34)66(60)44-25-13-31-52-57(44)63(40)38-19-4-8-28-49(38)69-52/h1-32H. The summed E-state index contributed by atoms with van der Waals surface area (Å²) in [4.78, 5) is 10.7. The molecular weight excluding hydrogens is 891 g/mol. The van der Waals surface area contributed by atoms with Gasteiger partial charge in [-0.2, -0.15) is 0 Å². The Morgan fingerprint density at radius 3 is 1.29 bits per heavy atom. The van der Waals surface area contributed by atoms with Gasteiger partial charge < -0.3 is 14.0 Å². The third-order valence-electron chi connectivity index (χ3n) is 16.3. The molecule has 0 saturated heterocycles. The molecule has 314 valence electrons. The molecule has 18 rings (SSSR count). The van der Waals surface area contributed by atoms with Crippen molar-refractivity contribution < 1.29 is 0 Å². The summed E-state index contributed by atoms with van der Waals surface area (Å²) in [5.41, 5.74) is 24.0. The molecule has 0 saturated carbocycles. The van der Waals surface area contributed by atoms with Gasteiger partial charge in [0.05, 0.1) is 16.7 Å². The molecule has 6 aliphatic rings. The maximum absolute atomic E-state index is 2.72. The SMILES string of the molecule is c1ccc2c(c1)Sc1cccc3c1B2c1ccccc1N3c1cc2c(c3cccc4c3n2-c2cccc3c2B4c2ccccc2S3)c2c1c1cccc3c1n2-c1cccc2c1B3c1ccccc1S2. The summed E-state index contributed by atoms with van der Waals surface area (Å²) >= 11 is 5.77. The molecule has 0 unspecified atom stereocenters. The molecule has 0 aliphatic carbocycles. The van der Waals surface area contributed by atoms with E-state index in [9.17, 15) is 0 Å². The van der Waals surface area contributed by atoms with E-state index in [0.29, 0.717) is 0 Å².